The molecule has 0 aliphatic carbocycles. The Bertz CT molecular complexity index is 498. The van der Waals surface area contributed by atoms with E-state index in [0.717, 1.165) is 21.4 Å². The third-order valence-electron chi connectivity index (χ3n) is 1.63. The summed E-state index contributed by atoms with van der Waals surface area (Å²) in [6, 6.07) is 3.70. The number of Topliss-reactive ketones (excluding diaryl/α,β-unsaturated/α-hetero) is 1. The van der Waals surface area contributed by atoms with Crippen molar-refractivity contribution in [3.63, 3.8) is 0 Å². The molecule has 2 aromatic heterocycles. The molecule has 0 atom stereocenters. The quantitative estimate of drug-likeness (QED) is 0.264. The summed E-state index contributed by atoms with van der Waals surface area (Å²) in [5.74, 6) is 0.157. The Morgan fingerprint density at radius 2 is 1.67 bits per heavy atom. The molecule has 2 rings (SSSR count). The van der Waals surface area contributed by atoms with Crippen molar-refractivity contribution in [1.29, 1.82) is 0 Å². The average molecular weight is 605 g/mol. The molecule has 0 amide bonds. The summed E-state index contributed by atoms with van der Waals surface area (Å²) < 4.78 is 4.33. The van der Waals surface area contributed by atoms with E-state index in [2.05, 4.69) is 79.6 Å². The predicted molar refractivity (Wildman–Crippen MR) is 97.6 cm³/mol. The van der Waals surface area contributed by atoms with E-state index >= 15 is 0 Å². The van der Waals surface area contributed by atoms with Crippen molar-refractivity contribution < 1.29 is 4.79 Å². The minimum Gasteiger partial charge on any atom is -0.292 e. The first-order chi connectivity index (χ1) is 8.47. The third-order valence-corrected chi connectivity index (χ3v) is 9.29. The van der Waals surface area contributed by atoms with Gasteiger partial charge in [-0.05, 0) is 75.2 Å². The van der Waals surface area contributed by atoms with E-state index in [0.29, 0.717) is 5.33 Å². The normalized spacial score (nSPS) is 9.83. The van der Waals surface area contributed by atoms with Crippen LogP contribution in [-0.2, 0) is 0 Å². The van der Waals surface area contributed by atoms with Crippen LogP contribution in [0.4, 0.5) is 0 Å². The molecule has 0 bridgehead atoms. The Balaban J connectivity index is 0.000000180. The van der Waals surface area contributed by atoms with Gasteiger partial charge >= 0.3 is 0 Å². The van der Waals surface area contributed by atoms with E-state index in [1.165, 1.54) is 11.3 Å². The number of thiophene rings is 2. The van der Waals surface area contributed by atoms with Crippen molar-refractivity contribution in [3.05, 3.63) is 38.9 Å². The molecule has 0 aliphatic rings. The van der Waals surface area contributed by atoms with Gasteiger partial charge in [0.1, 0.15) is 0 Å². The van der Waals surface area contributed by atoms with Crippen LogP contribution in [0.15, 0.2) is 34.0 Å². The number of carbonyl (C=O) groups excluding carboxylic acids is 1. The summed E-state index contributed by atoms with van der Waals surface area (Å²) in [6.07, 6.45) is 0. The maximum atomic E-state index is 10.8. The fourth-order valence-corrected chi connectivity index (χ4v) is 6.23. The number of hydrogen-bond donors (Lipinski definition) is 0. The van der Waals surface area contributed by atoms with Gasteiger partial charge in [-0.1, -0.05) is 22.0 Å². The van der Waals surface area contributed by atoms with Crippen molar-refractivity contribution in [3.8, 4) is 0 Å². The molecule has 98 valence electrons. The van der Waals surface area contributed by atoms with E-state index < -0.39 is 0 Å². The molecule has 0 unspecified atom stereocenters. The largest absolute Gasteiger partial charge is 0.292 e. The highest BCUT2D eigenvalue weighted by atomic mass is 79.9. The highest BCUT2D eigenvalue weighted by Gasteiger charge is 2.08. The van der Waals surface area contributed by atoms with Crippen LogP contribution in [0.25, 0.3) is 0 Å². The van der Waals surface area contributed by atoms with E-state index in [1.807, 2.05) is 17.5 Å². The Hall–Kier alpha value is 1.47. The lowest BCUT2D eigenvalue weighted by Crippen LogP contribution is -1.94. The number of halogens is 5. The zero-order valence-electron chi connectivity index (χ0n) is 8.55. The molecule has 1 nitrogen and oxygen atoms in total. The molecular formula is C10H5Br5OS2. The Labute approximate surface area is 155 Å². The molecule has 2 aromatic rings. The summed E-state index contributed by atoms with van der Waals surface area (Å²) in [7, 11) is 0. The van der Waals surface area contributed by atoms with Crippen LogP contribution in [0.2, 0.25) is 0 Å². The van der Waals surface area contributed by atoms with Gasteiger partial charge in [0.15, 0.2) is 5.78 Å². The van der Waals surface area contributed by atoms with Crippen LogP contribution in [0.5, 0.6) is 0 Å². The third kappa shape index (κ3) is 5.10. The highest BCUT2D eigenvalue weighted by Crippen LogP contribution is 2.43. The summed E-state index contributed by atoms with van der Waals surface area (Å²) in [6.45, 7) is 0. The molecule has 2 heterocycles. The van der Waals surface area contributed by atoms with Gasteiger partial charge in [-0.15, -0.1) is 22.7 Å². The Kier molecular flexibility index (Phi) is 8.46. The topological polar surface area (TPSA) is 17.1 Å². The average Bonchev–Trinajstić information content (AvgIpc) is 2.96. The fourth-order valence-electron chi connectivity index (χ4n) is 0.844. The molecule has 8 heteroatoms. The minimum absolute atomic E-state index is 0.157. The van der Waals surface area contributed by atoms with Gasteiger partial charge in [0.2, 0.25) is 0 Å². The van der Waals surface area contributed by atoms with Crippen LogP contribution in [0, 0.1) is 0 Å². The van der Waals surface area contributed by atoms with Gasteiger partial charge in [-0.2, -0.15) is 0 Å². The van der Waals surface area contributed by atoms with E-state index in [-0.39, 0.29) is 5.78 Å². The second-order valence-electron chi connectivity index (χ2n) is 2.81. The maximum absolute atomic E-state index is 10.8. The van der Waals surface area contributed by atoms with Gasteiger partial charge in [0.05, 0.1) is 26.7 Å². The fraction of sp³-hybridized carbons (Fsp3) is 0.100. The summed E-state index contributed by atoms with van der Waals surface area (Å²) in [5.41, 5.74) is 0. The zero-order valence-corrected chi connectivity index (χ0v) is 18.1. The lowest BCUT2D eigenvalue weighted by Gasteiger charge is -1.85. The Morgan fingerprint density at radius 3 is 1.94 bits per heavy atom. The van der Waals surface area contributed by atoms with Crippen molar-refractivity contribution in [2.24, 2.45) is 0 Å². The van der Waals surface area contributed by atoms with Crippen LogP contribution >= 0.6 is 102 Å². The van der Waals surface area contributed by atoms with Gasteiger partial charge in [-0.25, -0.2) is 0 Å². The number of hydrogen-bond acceptors (Lipinski definition) is 3. The first-order valence-electron chi connectivity index (χ1n) is 4.38. The van der Waals surface area contributed by atoms with Crippen molar-refractivity contribution >= 4 is 108 Å². The molecule has 0 aliphatic heterocycles. The highest BCUT2D eigenvalue weighted by molar-refractivity contribution is 9.16. The summed E-state index contributed by atoms with van der Waals surface area (Å²) in [5, 5.41) is 2.32. The van der Waals surface area contributed by atoms with Gasteiger partial charge in [0, 0.05) is 0 Å². The minimum atomic E-state index is 0.157. The predicted octanol–water partition coefficient (Wildman–Crippen LogP) is 7.12. The molecular weight excluding hydrogens is 600 g/mol. The van der Waals surface area contributed by atoms with Crippen LogP contribution in [0.3, 0.4) is 0 Å². The number of alkyl halides is 1. The standard InChI is InChI=1S/C6H5BrOS.C4Br4S/c7-4-5(8)6-2-1-3-9-6;5-1-2(6)4(8)9-3(1)7/h1-3H,4H2;. The van der Waals surface area contributed by atoms with Crippen LogP contribution in [0.1, 0.15) is 9.67 Å². The SMILES string of the molecule is Brc1sc(Br)c(Br)c1Br.O=C(CBr)c1cccs1. The number of ketones is 1. The van der Waals surface area contributed by atoms with Crippen LogP contribution in [-0.4, -0.2) is 11.1 Å². The molecule has 0 N–H and O–H groups in total. The monoisotopic (exact) mass is 600 g/mol. The molecule has 0 saturated heterocycles. The van der Waals surface area contributed by atoms with Crippen molar-refractivity contribution in [1.82, 2.24) is 0 Å². The van der Waals surface area contributed by atoms with E-state index in [1.54, 1.807) is 11.3 Å². The van der Waals surface area contributed by atoms with Gasteiger partial charge in [0.25, 0.3) is 0 Å². The number of carbonyl (C=O) groups is 1. The maximum Gasteiger partial charge on any atom is 0.183 e. The molecule has 0 saturated carbocycles. The number of rotatable bonds is 2. The van der Waals surface area contributed by atoms with Crippen molar-refractivity contribution in [2.45, 2.75) is 0 Å². The van der Waals surface area contributed by atoms with Gasteiger partial charge < -0.3 is 0 Å². The smallest absolute Gasteiger partial charge is 0.183 e. The summed E-state index contributed by atoms with van der Waals surface area (Å²) >= 11 is 19.7. The van der Waals surface area contributed by atoms with E-state index in [4.69, 9.17) is 0 Å². The molecule has 0 radical (unpaired) electrons. The summed E-state index contributed by atoms with van der Waals surface area (Å²) in [4.78, 5) is 11.7. The molecule has 0 fully saturated rings. The Morgan fingerprint density at radius 1 is 1.11 bits per heavy atom. The molecule has 18 heavy (non-hydrogen) atoms. The van der Waals surface area contributed by atoms with E-state index in [9.17, 15) is 4.79 Å². The zero-order chi connectivity index (χ0) is 13.7. The second kappa shape index (κ2) is 8.69. The first-order valence-corrected chi connectivity index (χ1v) is 10.4. The lowest BCUT2D eigenvalue weighted by atomic mass is 10.4. The molecule has 0 spiro atoms. The second-order valence-corrected chi connectivity index (χ2v) is 9.56. The van der Waals surface area contributed by atoms with Crippen LogP contribution < -0.4 is 0 Å². The van der Waals surface area contributed by atoms with Crippen molar-refractivity contribution in [2.75, 3.05) is 5.33 Å². The first kappa shape index (κ1) is 17.5. The lowest BCUT2D eigenvalue weighted by molar-refractivity contribution is 0.102. The van der Waals surface area contributed by atoms with Gasteiger partial charge in [-0.3, -0.25) is 4.79 Å². The molecule has 0 aromatic carbocycles.